The number of carbonyl (C=O) groups is 3. The standard InChI is InChI=1S/C30H33FN2O6S/c1-18(2)20-9-13-23(14-10-20)40-39-26-15-6-19(16-24(26)31)17-25(28(35)36)33-27(34)21-7-11-22(12-8-21)32-29(37)38-30(3,4)5/h6-16,18,25H,17H2,1-5H3,(H,32,37)(H,33,34)(H,35,36). The number of carboxylic acid groups (broad SMARTS) is 1. The zero-order valence-corrected chi connectivity index (χ0v) is 23.8. The highest BCUT2D eigenvalue weighted by molar-refractivity contribution is 7.95. The van der Waals surface area contributed by atoms with Crippen LogP contribution < -0.4 is 14.8 Å². The van der Waals surface area contributed by atoms with Crippen LogP contribution in [-0.4, -0.2) is 34.7 Å². The fourth-order valence-electron chi connectivity index (χ4n) is 3.54. The summed E-state index contributed by atoms with van der Waals surface area (Å²) in [6.07, 6.45) is -0.779. The molecule has 1 unspecified atom stereocenters. The Labute approximate surface area is 237 Å². The van der Waals surface area contributed by atoms with Crippen molar-refractivity contribution in [3.8, 4) is 5.75 Å². The largest absolute Gasteiger partial charge is 0.480 e. The van der Waals surface area contributed by atoms with E-state index in [1.807, 2.05) is 24.3 Å². The highest BCUT2D eigenvalue weighted by Crippen LogP contribution is 2.28. The Kier molecular flexibility index (Phi) is 10.2. The van der Waals surface area contributed by atoms with E-state index in [9.17, 15) is 23.9 Å². The molecule has 0 aliphatic carbocycles. The molecule has 0 radical (unpaired) electrons. The maximum atomic E-state index is 14.7. The number of carbonyl (C=O) groups excluding carboxylic acids is 2. The van der Waals surface area contributed by atoms with E-state index < -0.39 is 35.4 Å². The topological polar surface area (TPSA) is 114 Å². The predicted octanol–water partition coefficient (Wildman–Crippen LogP) is 6.81. The van der Waals surface area contributed by atoms with E-state index in [1.54, 1.807) is 26.8 Å². The molecule has 40 heavy (non-hydrogen) atoms. The molecule has 3 N–H and O–H groups in total. The first kappa shape index (κ1) is 30.5. The van der Waals surface area contributed by atoms with Gasteiger partial charge < -0.3 is 19.3 Å². The van der Waals surface area contributed by atoms with Crippen LogP contribution in [0.15, 0.2) is 71.6 Å². The van der Waals surface area contributed by atoms with E-state index in [4.69, 9.17) is 8.92 Å². The summed E-state index contributed by atoms with van der Waals surface area (Å²) in [5.41, 5.74) is 1.50. The van der Waals surface area contributed by atoms with Crippen LogP contribution in [0.25, 0.3) is 0 Å². The second-order valence-corrected chi connectivity index (χ2v) is 11.2. The third-order valence-electron chi connectivity index (χ3n) is 5.61. The van der Waals surface area contributed by atoms with E-state index in [0.29, 0.717) is 17.2 Å². The molecule has 0 saturated carbocycles. The molecule has 1 atom stereocenters. The molecule has 3 rings (SSSR count). The van der Waals surface area contributed by atoms with Crippen molar-refractivity contribution in [1.29, 1.82) is 0 Å². The number of nitrogens with one attached hydrogen (secondary N) is 2. The molecular formula is C30H33FN2O6S. The van der Waals surface area contributed by atoms with Gasteiger partial charge in [0.25, 0.3) is 5.91 Å². The molecule has 0 fully saturated rings. The number of carboxylic acids is 1. The smallest absolute Gasteiger partial charge is 0.412 e. The molecular weight excluding hydrogens is 535 g/mol. The maximum Gasteiger partial charge on any atom is 0.412 e. The molecule has 212 valence electrons. The quantitative estimate of drug-likeness (QED) is 0.230. The summed E-state index contributed by atoms with van der Waals surface area (Å²) in [5, 5.41) is 14.7. The van der Waals surface area contributed by atoms with Gasteiger partial charge >= 0.3 is 12.1 Å². The van der Waals surface area contributed by atoms with Gasteiger partial charge in [0.15, 0.2) is 11.6 Å². The van der Waals surface area contributed by atoms with Gasteiger partial charge in [0.1, 0.15) is 11.6 Å². The molecule has 0 aliphatic rings. The Hall–Kier alpha value is -4.05. The van der Waals surface area contributed by atoms with E-state index in [1.165, 1.54) is 42.0 Å². The predicted molar refractivity (Wildman–Crippen MR) is 152 cm³/mol. The summed E-state index contributed by atoms with van der Waals surface area (Å²) in [7, 11) is 0. The van der Waals surface area contributed by atoms with Crippen molar-refractivity contribution < 1.29 is 32.8 Å². The lowest BCUT2D eigenvalue weighted by atomic mass is 10.0. The van der Waals surface area contributed by atoms with Crippen LogP contribution in [0, 0.1) is 5.82 Å². The van der Waals surface area contributed by atoms with Crippen LogP contribution >= 0.6 is 12.0 Å². The van der Waals surface area contributed by atoms with Crippen molar-refractivity contribution >= 4 is 35.7 Å². The molecule has 3 aromatic carbocycles. The molecule has 0 aromatic heterocycles. The number of halogens is 1. The van der Waals surface area contributed by atoms with Gasteiger partial charge in [0.2, 0.25) is 0 Å². The molecule has 2 amide bonds. The van der Waals surface area contributed by atoms with Crippen LogP contribution in [-0.2, 0) is 16.0 Å². The van der Waals surface area contributed by atoms with Crippen molar-refractivity contribution in [1.82, 2.24) is 5.32 Å². The number of aliphatic carboxylic acids is 1. The van der Waals surface area contributed by atoms with E-state index in [0.717, 1.165) is 16.9 Å². The number of benzene rings is 3. The molecule has 3 aromatic rings. The Morgan fingerprint density at radius 3 is 2.17 bits per heavy atom. The number of amides is 2. The summed E-state index contributed by atoms with van der Waals surface area (Å²) in [4.78, 5) is 37.2. The van der Waals surface area contributed by atoms with E-state index in [2.05, 4.69) is 24.5 Å². The Morgan fingerprint density at radius 2 is 1.62 bits per heavy atom. The summed E-state index contributed by atoms with van der Waals surface area (Å²) in [6.45, 7) is 9.41. The van der Waals surface area contributed by atoms with Crippen LogP contribution in [0.5, 0.6) is 5.75 Å². The van der Waals surface area contributed by atoms with Gasteiger partial charge in [-0.25, -0.2) is 14.0 Å². The Bertz CT molecular complexity index is 1340. The number of hydrogen-bond acceptors (Lipinski definition) is 6. The van der Waals surface area contributed by atoms with Gasteiger partial charge in [0.05, 0.1) is 12.0 Å². The van der Waals surface area contributed by atoms with Gasteiger partial charge in [-0.3, -0.25) is 10.1 Å². The van der Waals surface area contributed by atoms with Crippen molar-refractivity contribution in [2.45, 2.75) is 63.5 Å². The minimum atomic E-state index is -1.30. The summed E-state index contributed by atoms with van der Waals surface area (Å²) < 4.78 is 25.4. The zero-order valence-electron chi connectivity index (χ0n) is 23.0. The van der Waals surface area contributed by atoms with Gasteiger partial charge in [0, 0.05) is 22.6 Å². The third kappa shape index (κ3) is 9.30. The molecule has 0 aliphatic heterocycles. The van der Waals surface area contributed by atoms with E-state index in [-0.39, 0.29) is 17.7 Å². The van der Waals surface area contributed by atoms with Crippen molar-refractivity contribution in [3.05, 3.63) is 89.2 Å². The summed E-state index contributed by atoms with van der Waals surface area (Å²) in [6, 6.07) is 16.5. The van der Waals surface area contributed by atoms with Crippen LogP contribution in [0.3, 0.4) is 0 Å². The second-order valence-electron chi connectivity index (χ2n) is 10.4. The summed E-state index contributed by atoms with van der Waals surface area (Å²) >= 11 is 1.02. The lowest BCUT2D eigenvalue weighted by Gasteiger charge is -2.19. The Morgan fingerprint density at radius 1 is 0.975 bits per heavy atom. The zero-order chi connectivity index (χ0) is 29.4. The minimum absolute atomic E-state index is 0.0117. The molecule has 8 nitrogen and oxygen atoms in total. The van der Waals surface area contributed by atoms with Crippen molar-refractivity contribution in [2.75, 3.05) is 5.32 Å². The monoisotopic (exact) mass is 568 g/mol. The van der Waals surface area contributed by atoms with Gasteiger partial charge in [-0.05, 0) is 86.3 Å². The normalized spacial score (nSPS) is 12.0. The first-order valence-electron chi connectivity index (χ1n) is 12.7. The first-order chi connectivity index (χ1) is 18.8. The SMILES string of the molecule is CC(C)c1ccc(SOc2ccc(CC(NC(=O)c3ccc(NC(=O)OC(C)(C)C)cc3)C(=O)O)cc2F)cc1. The van der Waals surface area contributed by atoms with Crippen LogP contribution in [0.1, 0.15) is 62.0 Å². The van der Waals surface area contributed by atoms with Gasteiger partial charge in [-0.15, -0.1) is 0 Å². The number of rotatable bonds is 10. The number of ether oxygens (including phenoxy) is 1. The van der Waals surface area contributed by atoms with E-state index >= 15 is 0 Å². The fourth-order valence-corrected chi connectivity index (χ4v) is 4.11. The highest BCUT2D eigenvalue weighted by Gasteiger charge is 2.22. The second kappa shape index (κ2) is 13.3. The molecule has 0 saturated heterocycles. The minimum Gasteiger partial charge on any atom is -0.480 e. The highest BCUT2D eigenvalue weighted by atomic mass is 32.2. The average Bonchev–Trinajstić information content (AvgIpc) is 2.87. The summed E-state index contributed by atoms with van der Waals surface area (Å²) in [5.74, 6) is -2.13. The van der Waals surface area contributed by atoms with Crippen LogP contribution in [0.2, 0.25) is 0 Å². The molecule has 10 heteroatoms. The Balaban J connectivity index is 1.58. The number of hydrogen-bond donors (Lipinski definition) is 3. The third-order valence-corrected chi connectivity index (χ3v) is 6.33. The molecule has 0 heterocycles. The first-order valence-corrected chi connectivity index (χ1v) is 13.4. The van der Waals surface area contributed by atoms with Gasteiger partial charge in [-0.2, -0.15) is 0 Å². The molecule has 0 spiro atoms. The lowest BCUT2D eigenvalue weighted by molar-refractivity contribution is -0.139. The molecule has 0 bridgehead atoms. The average molecular weight is 569 g/mol. The fraction of sp³-hybridized carbons (Fsp3) is 0.300. The van der Waals surface area contributed by atoms with Crippen molar-refractivity contribution in [2.24, 2.45) is 0 Å². The van der Waals surface area contributed by atoms with Crippen LogP contribution in [0.4, 0.5) is 14.9 Å². The van der Waals surface area contributed by atoms with Gasteiger partial charge in [-0.1, -0.05) is 32.0 Å². The van der Waals surface area contributed by atoms with Crippen molar-refractivity contribution in [3.63, 3.8) is 0 Å². The maximum absolute atomic E-state index is 14.7. The lowest BCUT2D eigenvalue weighted by Crippen LogP contribution is -2.42. The number of anilines is 1.